The summed E-state index contributed by atoms with van der Waals surface area (Å²) in [5, 5.41) is 3.27. The summed E-state index contributed by atoms with van der Waals surface area (Å²) in [6.07, 6.45) is 0. The van der Waals surface area contributed by atoms with E-state index >= 15 is 0 Å². The van der Waals surface area contributed by atoms with Gasteiger partial charge in [0.05, 0.1) is 0 Å². The molecule has 1 aliphatic rings. The summed E-state index contributed by atoms with van der Waals surface area (Å²) in [7, 11) is 0. The van der Waals surface area contributed by atoms with Crippen LogP contribution in [0.25, 0.3) is 0 Å². The fraction of sp³-hybridized carbons (Fsp3) is 0.500. The third-order valence-electron chi connectivity index (χ3n) is 2.98. The number of hydrogen-bond donors (Lipinski definition) is 1. The van der Waals surface area contributed by atoms with Crippen molar-refractivity contribution in [2.45, 2.75) is 19.5 Å². The first-order chi connectivity index (χ1) is 7.29. The Labute approximate surface area is 90.1 Å². The summed E-state index contributed by atoms with van der Waals surface area (Å²) in [4.78, 5) is 2.42. The van der Waals surface area contributed by atoms with Gasteiger partial charge in [-0.2, -0.15) is 0 Å². The van der Waals surface area contributed by atoms with Gasteiger partial charge in [-0.25, -0.2) is 4.39 Å². The van der Waals surface area contributed by atoms with Crippen molar-refractivity contribution < 1.29 is 4.39 Å². The molecule has 1 aliphatic heterocycles. The summed E-state index contributed by atoms with van der Waals surface area (Å²) in [6.45, 7) is 6.29. The number of halogens is 1. The van der Waals surface area contributed by atoms with Crippen LogP contribution in [0.5, 0.6) is 0 Å². The summed E-state index contributed by atoms with van der Waals surface area (Å²) in [6, 6.07) is 7.44. The van der Waals surface area contributed by atoms with E-state index in [2.05, 4.69) is 17.1 Å². The van der Waals surface area contributed by atoms with Crippen LogP contribution in [0.4, 0.5) is 4.39 Å². The average Bonchev–Trinajstić information content (AvgIpc) is 2.17. The van der Waals surface area contributed by atoms with Crippen molar-refractivity contribution >= 4 is 0 Å². The molecule has 0 bridgehead atoms. The van der Waals surface area contributed by atoms with E-state index in [1.54, 1.807) is 0 Å². The maximum atomic E-state index is 12.7. The Morgan fingerprint density at radius 2 is 2.00 bits per heavy atom. The second-order valence-corrected chi connectivity index (χ2v) is 4.00. The lowest BCUT2D eigenvalue weighted by atomic mass is 10.1. The highest BCUT2D eigenvalue weighted by atomic mass is 19.1. The van der Waals surface area contributed by atoms with Gasteiger partial charge in [-0.05, 0) is 24.2 Å². The molecule has 1 aromatic carbocycles. The van der Waals surface area contributed by atoms with Crippen LogP contribution in [0, 0.1) is 5.82 Å². The average molecular weight is 208 g/mol. The summed E-state index contributed by atoms with van der Waals surface area (Å²) in [5.74, 6) is -0.160. The van der Waals surface area contributed by atoms with E-state index < -0.39 is 0 Å². The number of nitrogens with zero attached hydrogens (tertiary/aromatic N) is 1. The first-order valence-electron chi connectivity index (χ1n) is 5.49. The molecule has 1 heterocycles. The van der Waals surface area contributed by atoms with E-state index in [4.69, 9.17) is 0 Å². The van der Waals surface area contributed by atoms with Crippen LogP contribution in [0.15, 0.2) is 24.3 Å². The minimum atomic E-state index is -0.160. The van der Waals surface area contributed by atoms with E-state index in [1.807, 2.05) is 12.1 Å². The molecule has 82 valence electrons. The predicted molar refractivity (Wildman–Crippen MR) is 59.1 cm³/mol. The summed E-state index contributed by atoms with van der Waals surface area (Å²) < 4.78 is 12.7. The molecule has 15 heavy (non-hydrogen) atoms. The van der Waals surface area contributed by atoms with Gasteiger partial charge in [0.1, 0.15) is 5.82 Å². The normalized spacial score (nSPS) is 16.7. The predicted octanol–water partition coefficient (Wildman–Crippen LogP) is 1.62. The van der Waals surface area contributed by atoms with Gasteiger partial charge >= 0.3 is 0 Å². The van der Waals surface area contributed by atoms with Crippen molar-refractivity contribution in [3.05, 3.63) is 35.6 Å². The van der Waals surface area contributed by atoms with E-state index in [1.165, 1.54) is 17.7 Å². The van der Waals surface area contributed by atoms with Crippen LogP contribution < -0.4 is 5.32 Å². The highest BCUT2D eigenvalue weighted by molar-refractivity contribution is 5.16. The second kappa shape index (κ2) is 4.73. The monoisotopic (exact) mass is 208 g/mol. The van der Waals surface area contributed by atoms with Crippen LogP contribution in [0.1, 0.15) is 12.5 Å². The number of likely N-dealkylation sites (N-methyl/N-ethyl adjacent to an activating group) is 1. The van der Waals surface area contributed by atoms with Crippen molar-refractivity contribution in [1.82, 2.24) is 10.2 Å². The molecule has 0 unspecified atom stereocenters. The third kappa shape index (κ3) is 2.55. The maximum Gasteiger partial charge on any atom is 0.123 e. The second-order valence-electron chi connectivity index (χ2n) is 4.00. The number of hydrogen-bond acceptors (Lipinski definition) is 2. The first kappa shape index (κ1) is 10.6. The van der Waals surface area contributed by atoms with Crippen LogP contribution in [-0.2, 0) is 6.54 Å². The van der Waals surface area contributed by atoms with Gasteiger partial charge < -0.3 is 5.32 Å². The van der Waals surface area contributed by atoms with Gasteiger partial charge in [-0.1, -0.05) is 19.1 Å². The Balaban J connectivity index is 1.96. The van der Waals surface area contributed by atoms with E-state index in [9.17, 15) is 4.39 Å². The molecule has 0 saturated carbocycles. The quantitative estimate of drug-likeness (QED) is 0.809. The highest BCUT2D eigenvalue weighted by Crippen LogP contribution is 2.11. The molecule has 0 aromatic heterocycles. The Morgan fingerprint density at radius 1 is 1.33 bits per heavy atom. The lowest BCUT2D eigenvalue weighted by molar-refractivity contribution is 0.145. The fourth-order valence-corrected chi connectivity index (χ4v) is 1.86. The van der Waals surface area contributed by atoms with E-state index in [0.717, 1.165) is 26.2 Å². The summed E-state index contributed by atoms with van der Waals surface area (Å²) in [5.41, 5.74) is 1.19. The Morgan fingerprint density at radius 3 is 2.47 bits per heavy atom. The molecule has 0 spiro atoms. The van der Waals surface area contributed by atoms with Crippen molar-refractivity contribution in [1.29, 1.82) is 0 Å². The number of benzene rings is 1. The van der Waals surface area contributed by atoms with E-state index in [-0.39, 0.29) is 5.82 Å². The largest absolute Gasteiger partial charge is 0.314 e. The topological polar surface area (TPSA) is 15.3 Å². The van der Waals surface area contributed by atoms with Crippen LogP contribution in [0.3, 0.4) is 0 Å². The molecule has 0 radical (unpaired) electrons. The van der Waals surface area contributed by atoms with Crippen molar-refractivity contribution in [2.24, 2.45) is 0 Å². The zero-order valence-electron chi connectivity index (χ0n) is 9.04. The van der Waals surface area contributed by atoms with E-state index in [0.29, 0.717) is 6.04 Å². The number of nitrogens with one attached hydrogen (secondary N) is 1. The minimum Gasteiger partial charge on any atom is -0.314 e. The Bertz CT molecular complexity index is 306. The van der Waals surface area contributed by atoms with Gasteiger partial charge in [0.15, 0.2) is 0 Å². The SMILES string of the molecule is CCN(Cc1ccc(F)cc1)C1CNC1. The zero-order valence-corrected chi connectivity index (χ0v) is 9.04. The third-order valence-corrected chi connectivity index (χ3v) is 2.98. The van der Waals surface area contributed by atoms with Crippen LogP contribution >= 0.6 is 0 Å². The maximum absolute atomic E-state index is 12.7. The molecule has 3 heteroatoms. The van der Waals surface area contributed by atoms with Gasteiger partial charge in [-0.15, -0.1) is 0 Å². The zero-order chi connectivity index (χ0) is 10.7. The summed E-state index contributed by atoms with van der Waals surface area (Å²) >= 11 is 0. The van der Waals surface area contributed by atoms with Gasteiger partial charge in [0, 0.05) is 25.7 Å². The van der Waals surface area contributed by atoms with Gasteiger partial charge in [-0.3, -0.25) is 4.90 Å². The number of rotatable bonds is 4. The van der Waals surface area contributed by atoms with Crippen molar-refractivity contribution in [2.75, 3.05) is 19.6 Å². The highest BCUT2D eigenvalue weighted by Gasteiger charge is 2.22. The van der Waals surface area contributed by atoms with Gasteiger partial charge in [0.2, 0.25) is 0 Å². The van der Waals surface area contributed by atoms with Crippen molar-refractivity contribution in [3.8, 4) is 0 Å². The molecule has 0 atom stereocenters. The lowest BCUT2D eigenvalue weighted by Crippen LogP contribution is -2.56. The van der Waals surface area contributed by atoms with Crippen molar-refractivity contribution in [3.63, 3.8) is 0 Å². The molecule has 1 N–H and O–H groups in total. The lowest BCUT2D eigenvalue weighted by Gasteiger charge is -2.37. The smallest absolute Gasteiger partial charge is 0.123 e. The Kier molecular flexibility index (Phi) is 3.34. The Hall–Kier alpha value is -0.930. The fourth-order valence-electron chi connectivity index (χ4n) is 1.86. The molecular weight excluding hydrogens is 191 g/mol. The van der Waals surface area contributed by atoms with Crippen LogP contribution in [0.2, 0.25) is 0 Å². The molecule has 0 amide bonds. The first-order valence-corrected chi connectivity index (χ1v) is 5.49. The molecule has 2 rings (SSSR count). The molecule has 0 aliphatic carbocycles. The molecule has 1 saturated heterocycles. The molecule has 2 nitrogen and oxygen atoms in total. The van der Waals surface area contributed by atoms with Crippen LogP contribution in [-0.4, -0.2) is 30.6 Å². The van der Waals surface area contributed by atoms with Gasteiger partial charge in [0.25, 0.3) is 0 Å². The molecule has 1 fully saturated rings. The molecule has 1 aromatic rings. The molecular formula is C12H17FN2. The minimum absolute atomic E-state index is 0.160. The standard InChI is InChI=1S/C12H17FN2/c1-2-15(12-7-14-8-12)9-10-3-5-11(13)6-4-10/h3-6,12,14H,2,7-9H2,1H3.